The smallest absolute Gasteiger partial charge is 0.435 e. The van der Waals surface area contributed by atoms with E-state index < -0.39 is 31.5 Å². The van der Waals surface area contributed by atoms with Crippen molar-refractivity contribution >= 4 is 31.5 Å². The zero-order valence-electron chi connectivity index (χ0n) is 30.7. The van der Waals surface area contributed by atoms with E-state index in [4.69, 9.17) is 38.9 Å². The lowest BCUT2D eigenvalue weighted by Gasteiger charge is -2.05. The van der Waals surface area contributed by atoms with Gasteiger partial charge in [0.15, 0.2) is 7.14 Å². The van der Waals surface area contributed by atoms with Crippen molar-refractivity contribution in [3.8, 4) is 0 Å². The molecule has 0 amide bonds. The summed E-state index contributed by atoms with van der Waals surface area (Å²) in [6.07, 6.45) is 30.9. The van der Waals surface area contributed by atoms with E-state index in [0.29, 0.717) is 0 Å². The van der Waals surface area contributed by atoms with Crippen molar-refractivity contribution in [1.82, 2.24) is 0 Å². The van der Waals surface area contributed by atoms with Gasteiger partial charge in [0, 0.05) is 11.1 Å². The van der Waals surface area contributed by atoms with Crippen LogP contribution in [0.3, 0.4) is 0 Å². The van der Waals surface area contributed by atoms with Crippen molar-refractivity contribution < 1.29 is 71.8 Å². The predicted octanol–water partition coefficient (Wildman–Crippen LogP) is 7.68. The van der Waals surface area contributed by atoms with Crippen LogP contribution in [0.25, 0.3) is 0 Å². The number of rotatable bonds is 24. The molecule has 0 fully saturated rings. The van der Waals surface area contributed by atoms with Crippen molar-refractivity contribution in [2.45, 2.75) is 155 Å². The molecule has 0 bridgehead atoms. The Morgan fingerprint density at radius 1 is 0.481 bits per heavy atom. The number of halogens is 4. The van der Waals surface area contributed by atoms with Crippen LogP contribution in [0.2, 0.25) is 0 Å². The van der Waals surface area contributed by atoms with E-state index in [1.807, 2.05) is 0 Å². The summed E-state index contributed by atoms with van der Waals surface area (Å²) in [6, 6.07) is 18.7. The van der Waals surface area contributed by atoms with E-state index in [1.54, 1.807) is 18.3 Å². The third-order valence-electron chi connectivity index (χ3n) is 7.72. The second-order valence-corrected chi connectivity index (χ2v) is 17.7. The molecular formula is C36H60F3IO9S3. The van der Waals surface area contributed by atoms with Gasteiger partial charge in [-0.2, -0.15) is 16.8 Å². The van der Waals surface area contributed by atoms with Crippen LogP contribution < -0.4 is 21.2 Å². The van der Waals surface area contributed by atoms with Crippen molar-refractivity contribution in [2.24, 2.45) is 0 Å². The second kappa shape index (κ2) is 33.1. The number of benzene rings is 2. The zero-order valence-corrected chi connectivity index (χ0v) is 35.3. The molecule has 0 saturated carbocycles. The SMILES string of the molecule is CCCCCCCCCCCCc1ccccc1[I+]c1ccccc1CCCCCCCCCCCC.O=S(=O)(O)F.O=S(=O)(O)F.O=S(=O)([O-])F. The average molecular weight is 917 g/mol. The summed E-state index contributed by atoms with van der Waals surface area (Å²) in [5.41, 5.74) is 3.26. The van der Waals surface area contributed by atoms with Gasteiger partial charge in [-0.05, 0) is 37.8 Å². The Balaban J connectivity index is 0. The minimum atomic E-state index is -5.42. The number of hydrogen-bond acceptors (Lipinski definition) is 7. The molecule has 0 aliphatic rings. The van der Waals surface area contributed by atoms with Crippen molar-refractivity contribution in [3.05, 3.63) is 66.8 Å². The van der Waals surface area contributed by atoms with Crippen LogP contribution in [0, 0.1) is 7.14 Å². The average Bonchev–Trinajstić information content (AvgIpc) is 3.02. The first-order valence-corrected chi connectivity index (χ1v) is 24.3. The fourth-order valence-corrected chi connectivity index (χ4v) is 8.29. The lowest BCUT2D eigenvalue weighted by atomic mass is 10.0. The van der Waals surface area contributed by atoms with Crippen LogP contribution in [-0.4, -0.2) is 38.9 Å². The highest BCUT2D eigenvalue weighted by Crippen LogP contribution is 2.14. The second-order valence-electron chi connectivity index (χ2n) is 12.4. The predicted molar refractivity (Wildman–Crippen MR) is 197 cm³/mol. The Morgan fingerprint density at radius 2 is 0.692 bits per heavy atom. The molecular weight excluding hydrogens is 856 g/mol. The molecule has 0 radical (unpaired) electrons. The van der Waals surface area contributed by atoms with Gasteiger partial charge in [-0.1, -0.05) is 174 Å². The summed E-state index contributed by atoms with van der Waals surface area (Å²) in [5.74, 6) is 0. The Bertz CT molecular complexity index is 1320. The first kappa shape index (κ1) is 52.8. The molecule has 0 aliphatic carbocycles. The Hall–Kier alpha value is -1.31. The topological polar surface area (TPSA) is 166 Å². The minimum Gasteiger partial charge on any atom is -0.722 e. The maximum Gasteiger partial charge on any atom is 0.435 e. The van der Waals surface area contributed by atoms with Crippen molar-refractivity contribution in [3.63, 3.8) is 0 Å². The molecule has 2 rings (SSSR count). The largest absolute Gasteiger partial charge is 0.722 e. The highest BCUT2D eigenvalue weighted by atomic mass is 127. The molecule has 0 unspecified atom stereocenters. The third-order valence-corrected chi connectivity index (χ3v) is 11.0. The lowest BCUT2D eigenvalue weighted by molar-refractivity contribution is -0.599. The molecule has 16 heteroatoms. The zero-order chi connectivity index (χ0) is 39.7. The fourth-order valence-electron chi connectivity index (χ4n) is 5.30. The van der Waals surface area contributed by atoms with E-state index in [1.165, 1.54) is 141 Å². The summed E-state index contributed by atoms with van der Waals surface area (Å²) >= 11 is -0.0947. The third kappa shape index (κ3) is 46.7. The maximum absolute atomic E-state index is 10.2. The van der Waals surface area contributed by atoms with Gasteiger partial charge >= 0.3 is 42.2 Å². The monoisotopic (exact) mass is 916 g/mol. The summed E-state index contributed by atoms with van der Waals surface area (Å²) in [5, 5.41) is 0. The van der Waals surface area contributed by atoms with Gasteiger partial charge in [0.05, 0.1) is 0 Å². The summed E-state index contributed by atoms with van der Waals surface area (Å²) < 4.78 is 107. The molecule has 2 aromatic carbocycles. The molecule has 0 heterocycles. The van der Waals surface area contributed by atoms with Gasteiger partial charge in [0.25, 0.3) is 10.5 Å². The summed E-state index contributed by atoms with van der Waals surface area (Å²) in [6.45, 7) is 4.61. The molecule has 52 heavy (non-hydrogen) atoms. The van der Waals surface area contributed by atoms with E-state index >= 15 is 0 Å². The van der Waals surface area contributed by atoms with Crippen LogP contribution >= 0.6 is 0 Å². The highest BCUT2D eigenvalue weighted by Gasteiger charge is 2.22. The molecule has 0 saturated heterocycles. The fraction of sp³-hybridized carbons (Fsp3) is 0.667. The van der Waals surface area contributed by atoms with Crippen molar-refractivity contribution in [1.29, 1.82) is 0 Å². The molecule has 0 spiro atoms. The Kier molecular flexibility index (Phi) is 33.6. The number of hydrogen-bond donors (Lipinski definition) is 2. The molecule has 304 valence electrons. The Labute approximate surface area is 323 Å². The molecule has 0 aromatic heterocycles. The maximum atomic E-state index is 10.2. The van der Waals surface area contributed by atoms with E-state index in [9.17, 15) is 11.7 Å². The van der Waals surface area contributed by atoms with E-state index in [-0.39, 0.29) is 21.2 Å². The minimum absolute atomic E-state index is 0.0947. The first-order chi connectivity index (χ1) is 24.3. The molecule has 0 atom stereocenters. The normalized spacial score (nSPS) is 11.4. The van der Waals surface area contributed by atoms with Gasteiger partial charge in [-0.15, -0.1) is 3.89 Å². The molecule has 0 aliphatic heterocycles. The quantitative estimate of drug-likeness (QED) is 0.0465. The highest BCUT2D eigenvalue weighted by molar-refractivity contribution is 7.80. The first-order valence-electron chi connectivity index (χ1n) is 18.1. The van der Waals surface area contributed by atoms with Gasteiger partial charge in [-0.25, -0.2) is 8.42 Å². The van der Waals surface area contributed by atoms with Crippen LogP contribution in [0.4, 0.5) is 11.7 Å². The van der Waals surface area contributed by atoms with Crippen LogP contribution in [0.1, 0.15) is 153 Å². The van der Waals surface area contributed by atoms with Gasteiger partial charge in [0.2, 0.25) is 0 Å². The molecule has 9 nitrogen and oxygen atoms in total. The van der Waals surface area contributed by atoms with Gasteiger partial charge in [-0.3, -0.25) is 9.11 Å². The van der Waals surface area contributed by atoms with Gasteiger partial charge < -0.3 is 4.55 Å². The van der Waals surface area contributed by atoms with E-state index in [2.05, 4.69) is 62.4 Å². The van der Waals surface area contributed by atoms with E-state index in [0.717, 1.165) is 0 Å². The molecule has 2 N–H and O–H groups in total. The number of unbranched alkanes of at least 4 members (excludes halogenated alkanes) is 18. The Morgan fingerprint density at radius 3 is 0.942 bits per heavy atom. The lowest BCUT2D eigenvalue weighted by Crippen LogP contribution is -3.62. The van der Waals surface area contributed by atoms with Gasteiger partial charge in [0.1, 0.15) is 0 Å². The molecule has 2 aromatic rings. The van der Waals surface area contributed by atoms with Crippen molar-refractivity contribution in [2.75, 3.05) is 0 Å². The van der Waals surface area contributed by atoms with Crippen LogP contribution in [0.5, 0.6) is 0 Å². The summed E-state index contributed by atoms with van der Waals surface area (Å²) in [7, 11) is -15.7. The standard InChI is InChI=1S/C36H58I.3FHO3S/c1-3-5-7-9-11-13-15-17-19-21-27-33-29-23-25-31-35(33)37-36-32-26-24-30-34(36)28-22-20-18-16-14-12-10-8-6-4-2;3*1-5(2,3)4/h23-26,29-32H,3-22,27-28H2,1-2H3;3*(H,2,3,4)/q+1;;;/p-1. The van der Waals surface area contributed by atoms with Crippen LogP contribution in [-0.2, 0) is 44.4 Å². The van der Waals surface area contributed by atoms with Crippen LogP contribution in [0.15, 0.2) is 48.5 Å². The summed E-state index contributed by atoms with van der Waals surface area (Å²) in [4.78, 5) is 0. The number of aryl methyl sites for hydroxylation is 2.